The van der Waals surface area contributed by atoms with Crippen molar-refractivity contribution in [3.8, 4) is 0 Å². The van der Waals surface area contributed by atoms with E-state index in [9.17, 15) is 4.79 Å². The maximum Gasteiger partial charge on any atom is 0.235 e. The number of nitrogens with two attached hydrogens (primary N) is 1. The number of hydrogen-bond donors (Lipinski definition) is 2. The van der Waals surface area contributed by atoms with Gasteiger partial charge in [-0.15, -0.1) is 0 Å². The van der Waals surface area contributed by atoms with Crippen molar-refractivity contribution < 1.29 is 9.53 Å². The molecule has 2 unspecified atom stereocenters. The second-order valence-electron chi connectivity index (χ2n) is 4.74. The van der Waals surface area contributed by atoms with E-state index in [0.29, 0.717) is 12.5 Å². The number of hydrogen-bond acceptors (Lipinski definition) is 4. The molecular formula is C12H25N3O2. The third-order valence-corrected chi connectivity index (χ3v) is 3.24. The van der Waals surface area contributed by atoms with E-state index < -0.39 is 0 Å². The molecule has 100 valence electrons. The lowest BCUT2D eigenvalue weighted by atomic mass is 9.98. The number of likely N-dealkylation sites (tertiary alicyclic amines) is 1. The Labute approximate surface area is 104 Å². The van der Waals surface area contributed by atoms with Gasteiger partial charge in [-0.1, -0.05) is 6.92 Å². The molecule has 5 nitrogen and oxygen atoms in total. The summed E-state index contributed by atoms with van der Waals surface area (Å²) < 4.78 is 5.20. The van der Waals surface area contributed by atoms with Gasteiger partial charge in [0.1, 0.15) is 0 Å². The van der Waals surface area contributed by atoms with E-state index in [2.05, 4.69) is 10.2 Å². The maximum atomic E-state index is 11.3. The Hall–Kier alpha value is -0.650. The van der Waals surface area contributed by atoms with Gasteiger partial charge in [-0.2, -0.15) is 0 Å². The normalized spacial score (nSPS) is 23.5. The van der Waals surface area contributed by atoms with Gasteiger partial charge in [0.05, 0.1) is 12.6 Å². The summed E-state index contributed by atoms with van der Waals surface area (Å²) in [7, 11) is 1.74. The van der Waals surface area contributed by atoms with E-state index in [1.165, 1.54) is 12.8 Å². The van der Waals surface area contributed by atoms with Crippen LogP contribution in [0.1, 0.15) is 19.8 Å². The predicted octanol–water partition coefficient (Wildman–Crippen LogP) is -0.192. The minimum atomic E-state index is -0.263. The van der Waals surface area contributed by atoms with Crippen LogP contribution >= 0.6 is 0 Å². The molecule has 1 amide bonds. The highest BCUT2D eigenvalue weighted by atomic mass is 16.5. The summed E-state index contributed by atoms with van der Waals surface area (Å²) in [4.78, 5) is 13.6. The zero-order valence-electron chi connectivity index (χ0n) is 10.9. The fourth-order valence-corrected chi connectivity index (χ4v) is 2.45. The molecule has 1 aliphatic rings. The van der Waals surface area contributed by atoms with Gasteiger partial charge in [0, 0.05) is 20.2 Å². The second-order valence-corrected chi connectivity index (χ2v) is 4.74. The Morgan fingerprint density at radius 2 is 2.41 bits per heavy atom. The summed E-state index contributed by atoms with van der Waals surface area (Å²) in [5.74, 6) is 0.324. The third kappa shape index (κ3) is 5.02. The maximum absolute atomic E-state index is 11.3. The Kier molecular flexibility index (Phi) is 6.47. The molecule has 0 radical (unpaired) electrons. The minimum absolute atomic E-state index is 0.235. The van der Waals surface area contributed by atoms with Gasteiger partial charge in [0.2, 0.25) is 5.91 Å². The molecule has 0 aromatic carbocycles. The van der Waals surface area contributed by atoms with E-state index in [1.54, 1.807) is 7.11 Å². The van der Waals surface area contributed by atoms with Crippen LogP contribution in [0.25, 0.3) is 0 Å². The molecule has 17 heavy (non-hydrogen) atoms. The highest BCUT2D eigenvalue weighted by molar-refractivity contribution is 5.80. The third-order valence-electron chi connectivity index (χ3n) is 3.24. The van der Waals surface area contributed by atoms with Crippen LogP contribution in [-0.2, 0) is 9.53 Å². The van der Waals surface area contributed by atoms with E-state index in [0.717, 1.165) is 26.2 Å². The van der Waals surface area contributed by atoms with Crippen LogP contribution in [0.2, 0.25) is 0 Å². The second kappa shape index (κ2) is 7.63. The lowest BCUT2D eigenvalue weighted by molar-refractivity contribution is -0.120. The van der Waals surface area contributed by atoms with Crippen molar-refractivity contribution in [2.75, 3.05) is 39.9 Å². The molecule has 1 aliphatic heterocycles. The fourth-order valence-electron chi connectivity index (χ4n) is 2.45. The SMILES string of the molecule is CCNC(CN1CCCC(COC)C1)C(N)=O. The number of primary amides is 1. The molecule has 0 aliphatic carbocycles. The first-order valence-electron chi connectivity index (χ1n) is 6.41. The Morgan fingerprint density at radius 1 is 1.65 bits per heavy atom. The van der Waals surface area contributed by atoms with Crippen molar-refractivity contribution in [1.82, 2.24) is 10.2 Å². The first-order valence-corrected chi connectivity index (χ1v) is 6.41. The van der Waals surface area contributed by atoms with Gasteiger partial charge in [-0.3, -0.25) is 4.79 Å². The number of carbonyl (C=O) groups excluding carboxylic acids is 1. The van der Waals surface area contributed by atoms with Crippen molar-refractivity contribution in [1.29, 1.82) is 0 Å². The molecule has 1 saturated heterocycles. The average Bonchev–Trinajstić information content (AvgIpc) is 2.29. The molecule has 1 heterocycles. The number of rotatable bonds is 7. The summed E-state index contributed by atoms with van der Waals surface area (Å²) in [6.45, 7) is 6.32. The van der Waals surface area contributed by atoms with E-state index in [4.69, 9.17) is 10.5 Å². The standard InChI is InChI=1S/C12H25N3O2/c1-3-14-11(12(13)16)8-15-6-4-5-10(7-15)9-17-2/h10-11,14H,3-9H2,1-2H3,(H2,13,16). The highest BCUT2D eigenvalue weighted by Gasteiger charge is 2.24. The number of ether oxygens (including phenoxy) is 1. The molecule has 2 atom stereocenters. The summed E-state index contributed by atoms with van der Waals surface area (Å²) >= 11 is 0. The molecular weight excluding hydrogens is 218 g/mol. The minimum Gasteiger partial charge on any atom is -0.384 e. The lowest BCUT2D eigenvalue weighted by Gasteiger charge is -2.34. The van der Waals surface area contributed by atoms with Crippen molar-refractivity contribution in [2.24, 2.45) is 11.7 Å². The fraction of sp³-hybridized carbons (Fsp3) is 0.917. The van der Waals surface area contributed by atoms with Gasteiger partial charge >= 0.3 is 0 Å². The summed E-state index contributed by atoms with van der Waals surface area (Å²) in [6, 6.07) is -0.235. The number of methoxy groups -OCH3 is 1. The predicted molar refractivity (Wildman–Crippen MR) is 67.7 cm³/mol. The topological polar surface area (TPSA) is 67.6 Å². The number of amides is 1. The molecule has 0 aromatic heterocycles. The van der Waals surface area contributed by atoms with Crippen LogP contribution in [0.5, 0.6) is 0 Å². The van der Waals surface area contributed by atoms with Gasteiger partial charge in [-0.25, -0.2) is 0 Å². The summed E-state index contributed by atoms with van der Waals surface area (Å²) in [5.41, 5.74) is 5.38. The van der Waals surface area contributed by atoms with Crippen LogP contribution in [-0.4, -0.2) is 56.7 Å². The van der Waals surface area contributed by atoms with Gasteiger partial charge in [0.25, 0.3) is 0 Å². The Bertz CT molecular complexity index is 234. The molecule has 1 fully saturated rings. The number of carbonyl (C=O) groups is 1. The van der Waals surface area contributed by atoms with Crippen molar-refractivity contribution in [3.05, 3.63) is 0 Å². The van der Waals surface area contributed by atoms with Crippen LogP contribution in [0.4, 0.5) is 0 Å². The molecule has 0 spiro atoms. The van der Waals surface area contributed by atoms with Crippen molar-refractivity contribution in [2.45, 2.75) is 25.8 Å². The average molecular weight is 243 g/mol. The molecule has 3 N–H and O–H groups in total. The molecule has 5 heteroatoms. The van der Waals surface area contributed by atoms with Gasteiger partial charge in [0.15, 0.2) is 0 Å². The molecule has 0 aromatic rings. The highest BCUT2D eigenvalue weighted by Crippen LogP contribution is 2.16. The molecule has 0 bridgehead atoms. The van der Waals surface area contributed by atoms with Crippen LogP contribution < -0.4 is 11.1 Å². The first kappa shape index (κ1) is 14.4. The molecule has 1 rings (SSSR count). The van der Waals surface area contributed by atoms with Gasteiger partial charge < -0.3 is 20.7 Å². The number of piperidine rings is 1. The molecule has 0 saturated carbocycles. The zero-order valence-corrected chi connectivity index (χ0v) is 10.9. The van der Waals surface area contributed by atoms with Crippen LogP contribution in [0.3, 0.4) is 0 Å². The van der Waals surface area contributed by atoms with E-state index >= 15 is 0 Å². The van der Waals surface area contributed by atoms with Crippen LogP contribution in [0.15, 0.2) is 0 Å². The number of likely N-dealkylation sites (N-methyl/N-ethyl adjacent to an activating group) is 1. The van der Waals surface area contributed by atoms with Crippen molar-refractivity contribution in [3.63, 3.8) is 0 Å². The monoisotopic (exact) mass is 243 g/mol. The largest absolute Gasteiger partial charge is 0.384 e. The Balaban J connectivity index is 2.40. The number of nitrogens with zero attached hydrogens (tertiary/aromatic N) is 1. The van der Waals surface area contributed by atoms with E-state index in [-0.39, 0.29) is 11.9 Å². The van der Waals surface area contributed by atoms with Crippen molar-refractivity contribution >= 4 is 5.91 Å². The van der Waals surface area contributed by atoms with E-state index in [1.807, 2.05) is 6.92 Å². The summed E-state index contributed by atoms with van der Waals surface area (Å²) in [5, 5.41) is 3.13. The van der Waals surface area contributed by atoms with Crippen LogP contribution in [0, 0.1) is 5.92 Å². The van der Waals surface area contributed by atoms with Gasteiger partial charge in [-0.05, 0) is 31.8 Å². The smallest absolute Gasteiger partial charge is 0.235 e. The Morgan fingerprint density at radius 3 is 3.00 bits per heavy atom. The number of nitrogens with one attached hydrogen (secondary N) is 1. The zero-order chi connectivity index (χ0) is 12.7. The lowest BCUT2D eigenvalue weighted by Crippen LogP contribution is -2.51. The quantitative estimate of drug-likeness (QED) is 0.650. The first-order chi connectivity index (χ1) is 8.17. The summed E-state index contributed by atoms with van der Waals surface area (Å²) in [6.07, 6.45) is 2.39.